The smallest absolute Gasteiger partial charge is 0.206 e. The van der Waals surface area contributed by atoms with Gasteiger partial charge in [0.2, 0.25) is 11.6 Å². The zero-order valence-electron chi connectivity index (χ0n) is 12.2. The lowest BCUT2D eigenvalue weighted by Crippen LogP contribution is -2.47. The van der Waals surface area contributed by atoms with E-state index in [1.54, 1.807) is 0 Å². The van der Waals surface area contributed by atoms with Crippen molar-refractivity contribution in [3.8, 4) is 0 Å². The van der Waals surface area contributed by atoms with E-state index < -0.39 is 0 Å². The second kappa shape index (κ2) is 4.41. The highest BCUT2D eigenvalue weighted by Crippen LogP contribution is 2.50. The molecular formula is C18H20O2. The molecule has 0 aliphatic heterocycles. The summed E-state index contributed by atoms with van der Waals surface area (Å²) in [6.07, 6.45) is 2.84. The molecule has 0 aromatic heterocycles. The van der Waals surface area contributed by atoms with Gasteiger partial charge in [0.15, 0.2) is 0 Å². The van der Waals surface area contributed by atoms with Crippen LogP contribution in [0.25, 0.3) is 0 Å². The molecule has 0 heterocycles. The fraction of sp³-hybridized carbons (Fsp3) is 0.444. The number of carbonyl (C=O) groups is 2. The summed E-state index contributed by atoms with van der Waals surface area (Å²) in [5.41, 5.74) is 2.26. The molecule has 1 saturated carbocycles. The number of fused-ring (bicyclic) bond motifs is 2. The van der Waals surface area contributed by atoms with Gasteiger partial charge in [0, 0.05) is 5.92 Å². The Bertz CT molecular complexity index is 590. The molecule has 3 aliphatic carbocycles. The van der Waals surface area contributed by atoms with E-state index >= 15 is 0 Å². The lowest BCUT2D eigenvalue weighted by atomic mass is 9.57. The van der Waals surface area contributed by atoms with E-state index in [9.17, 15) is 9.59 Å². The highest BCUT2D eigenvalue weighted by atomic mass is 16.2. The maximum absolute atomic E-state index is 12.4. The fourth-order valence-corrected chi connectivity index (χ4v) is 3.60. The van der Waals surface area contributed by atoms with Crippen LogP contribution in [0.1, 0.15) is 38.7 Å². The van der Waals surface area contributed by atoms with Crippen LogP contribution in [0.15, 0.2) is 42.0 Å². The van der Waals surface area contributed by atoms with Gasteiger partial charge in [-0.15, -0.1) is 0 Å². The van der Waals surface area contributed by atoms with E-state index in [0.29, 0.717) is 0 Å². The Kier molecular flexibility index (Phi) is 2.93. The third-order valence-corrected chi connectivity index (χ3v) is 4.58. The normalized spacial score (nSPS) is 29.6. The number of rotatable bonds is 1. The molecule has 0 radical (unpaired) electrons. The predicted molar refractivity (Wildman–Crippen MR) is 78.3 cm³/mol. The van der Waals surface area contributed by atoms with Crippen LogP contribution in [-0.4, -0.2) is 11.6 Å². The predicted octanol–water partition coefficient (Wildman–Crippen LogP) is 3.53. The third-order valence-electron chi connectivity index (χ3n) is 4.58. The molecule has 0 spiro atoms. The van der Waals surface area contributed by atoms with Crippen LogP contribution < -0.4 is 0 Å². The largest absolute Gasteiger partial charge is 0.290 e. The molecule has 3 atom stereocenters. The van der Waals surface area contributed by atoms with Crippen molar-refractivity contribution < 1.29 is 9.59 Å². The van der Waals surface area contributed by atoms with Crippen LogP contribution in [0, 0.1) is 17.3 Å². The third kappa shape index (κ3) is 1.94. The number of hydrogen-bond donors (Lipinski definition) is 0. The maximum atomic E-state index is 12.4. The Balaban J connectivity index is 2.08. The van der Waals surface area contributed by atoms with Crippen molar-refractivity contribution in [2.45, 2.75) is 33.1 Å². The Morgan fingerprint density at radius 2 is 1.65 bits per heavy atom. The molecule has 20 heavy (non-hydrogen) atoms. The standard InChI is InChI=1S/C18H20O2/c1-18(2,3)14-10-12-9-13(11-7-5-4-6-8-11)15(14)17(20)16(12)19/h4-8,10,12-13,15H,9H2,1-3H3/t12-,13+,15+/m0/s1. The van der Waals surface area contributed by atoms with Gasteiger partial charge < -0.3 is 0 Å². The minimum atomic E-state index is -0.255. The highest BCUT2D eigenvalue weighted by Gasteiger charge is 2.50. The van der Waals surface area contributed by atoms with Gasteiger partial charge in [0.05, 0.1) is 5.92 Å². The van der Waals surface area contributed by atoms with Crippen molar-refractivity contribution in [2.75, 3.05) is 0 Å². The number of benzene rings is 1. The van der Waals surface area contributed by atoms with Crippen LogP contribution in [0.4, 0.5) is 0 Å². The van der Waals surface area contributed by atoms with Crippen LogP contribution in [0.3, 0.4) is 0 Å². The van der Waals surface area contributed by atoms with Gasteiger partial charge in [-0.2, -0.15) is 0 Å². The molecular weight excluding hydrogens is 248 g/mol. The monoisotopic (exact) mass is 268 g/mol. The van der Waals surface area contributed by atoms with Gasteiger partial charge in [0.1, 0.15) is 0 Å². The fourth-order valence-electron chi connectivity index (χ4n) is 3.60. The van der Waals surface area contributed by atoms with Crippen molar-refractivity contribution in [3.63, 3.8) is 0 Å². The minimum Gasteiger partial charge on any atom is -0.290 e. The first-order valence-corrected chi connectivity index (χ1v) is 7.25. The summed E-state index contributed by atoms with van der Waals surface area (Å²) < 4.78 is 0. The van der Waals surface area contributed by atoms with Gasteiger partial charge in [-0.25, -0.2) is 0 Å². The topological polar surface area (TPSA) is 34.1 Å². The van der Waals surface area contributed by atoms with Crippen LogP contribution in [-0.2, 0) is 9.59 Å². The first kappa shape index (κ1) is 13.3. The molecule has 104 valence electrons. The summed E-state index contributed by atoms with van der Waals surface area (Å²) in [6.45, 7) is 6.37. The highest BCUT2D eigenvalue weighted by molar-refractivity contribution is 6.41. The first-order valence-electron chi connectivity index (χ1n) is 7.25. The Morgan fingerprint density at radius 1 is 1.00 bits per heavy atom. The first-order chi connectivity index (χ1) is 9.39. The molecule has 1 fully saturated rings. The average molecular weight is 268 g/mol. The summed E-state index contributed by atoms with van der Waals surface area (Å²) in [5, 5.41) is 0. The van der Waals surface area contributed by atoms with E-state index in [0.717, 1.165) is 12.0 Å². The Labute approximate surface area is 119 Å². The van der Waals surface area contributed by atoms with Gasteiger partial charge in [0.25, 0.3) is 0 Å². The van der Waals surface area contributed by atoms with Gasteiger partial charge in [-0.05, 0) is 23.3 Å². The SMILES string of the molecule is CC(C)(C)C1=C[C@@H]2C[C@H](c3ccccc3)[C@H]1C(=O)C2=O. The number of hydrogen-bond acceptors (Lipinski definition) is 2. The Morgan fingerprint density at radius 3 is 2.20 bits per heavy atom. The quantitative estimate of drug-likeness (QED) is 0.577. The molecule has 0 saturated heterocycles. The van der Waals surface area contributed by atoms with Gasteiger partial charge >= 0.3 is 0 Å². The molecule has 2 bridgehead atoms. The summed E-state index contributed by atoms with van der Waals surface area (Å²) in [5.74, 6) is -0.676. The van der Waals surface area contributed by atoms with Gasteiger partial charge in [-0.1, -0.05) is 62.8 Å². The Hall–Kier alpha value is -1.70. The second-order valence-corrected chi connectivity index (χ2v) is 6.94. The van der Waals surface area contributed by atoms with E-state index in [1.807, 2.05) is 18.2 Å². The summed E-state index contributed by atoms with van der Waals surface area (Å²) in [7, 11) is 0. The molecule has 4 rings (SSSR count). The lowest BCUT2D eigenvalue weighted by molar-refractivity contribution is -0.143. The summed E-state index contributed by atoms with van der Waals surface area (Å²) >= 11 is 0. The van der Waals surface area contributed by atoms with Crippen molar-refractivity contribution in [2.24, 2.45) is 17.3 Å². The van der Waals surface area contributed by atoms with Crippen molar-refractivity contribution in [1.82, 2.24) is 0 Å². The number of ketones is 2. The summed E-state index contributed by atoms with van der Waals surface area (Å²) in [4.78, 5) is 24.5. The lowest BCUT2D eigenvalue weighted by Gasteiger charge is -2.44. The zero-order valence-corrected chi connectivity index (χ0v) is 12.2. The number of allylic oxidation sites excluding steroid dienone is 2. The van der Waals surface area contributed by atoms with Crippen LogP contribution >= 0.6 is 0 Å². The van der Waals surface area contributed by atoms with E-state index in [2.05, 4.69) is 39.0 Å². The van der Waals surface area contributed by atoms with Crippen molar-refractivity contribution in [3.05, 3.63) is 47.5 Å². The molecule has 2 heteroatoms. The van der Waals surface area contributed by atoms with E-state index in [1.165, 1.54) is 5.56 Å². The average Bonchev–Trinajstić information content (AvgIpc) is 2.43. The molecule has 1 aromatic carbocycles. The molecule has 0 amide bonds. The molecule has 0 unspecified atom stereocenters. The van der Waals surface area contributed by atoms with Crippen LogP contribution in [0.2, 0.25) is 0 Å². The van der Waals surface area contributed by atoms with Crippen LogP contribution in [0.5, 0.6) is 0 Å². The van der Waals surface area contributed by atoms with E-state index in [-0.39, 0.29) is 34.7 Å². The molecule has 0 N–H and O–H groups in total. The minimum absolute atomic E-state index is 0.0628. The molecule has 2 nitrogen and oxygen atoms in total. The van der Waals surface area contributed by atoms with Gasteiger partial charge in [-0.3, -0.25) is 9.59 Å². The zero-order chi connectivity index (χ0) is 14.5. The number of carbonyl (C=O) groups excluding carboxylic acids is 2. The number of Topliss-reactive ketones (excluding diaryl/α,β-unsaturated/α-hetero) is 2. The molecule has 3 aliphatic rings. The second-order valence-electron chi connectivity index (χ2n) is 6.94. The summed E-state index contributed by atoms with van der Waals surface area (Å²) in [6, 6.07) is 10.1. The maximum Gasteiger partial charge on any atom is 0.206 e. The van der Waals surface area contributed by atoms with E-state index in [4.69, 9.17) is 0 Å². The van der Waals surface area contributed by atoms with Crippen molar-refractivity contribution in [1.29, 1.82) is 0 Å². The molecule has 1 aromatic rings. The van der Waals surface area contributed by atoms with Crippen molar-refractivity contribution >= 4 is 11.6 Å².